The molecule has 1 aromatic rings. The lowest BCUT2D eigenvalue weighted by Gasteiger charge is -2.36. The fraction of sp³-hybridized carbons (Fsp3) is 0.571. The molecule has 100 valence electrons. The van der Waals surface area contributed by atoms with E-state index < -0.39 is 0 Å². The maximum Gasteiger partial charge on any atom is 0.146 e. The Hall–Kier alpha value is -0.640. The molecule has 4 heteroatoms. The van der Waals surface area contributed by atoms with Gasteiger partial charge in [-0.1, -0.05) is 37.1 Å². The van der Waals surface area contributed by atoms with Crippen molar-refractivity contribution < 1.29 is 4.39 Å². The van der Waals surface area contributed by atoms with Crippen molar-refractivity contribution in [2.45, 2.75) is 32.4 Å². The van der Waals surface area contributed by atoms with Crippen molar-refractivity contribution >= 4 is 11.6 Å². The van der Waals surface area contributed by atoms with Crippen LogP contribution in [-0.4, -0.2) is 30.6 Å². The number of hydrogen-bond acceptors (Lipinski definition) is 2. The summed E-state index contributed by atoms with van der Waals surface area (Å²) in [6.07, 6.45) is 2.30. The van der Waals surface area contributed by atoms with Gasteiger partial charge in [0.15, 0.2) is 0 Å². The van der Waals surface area contributed by atoms with Crippen molar-refractivity contribution in [3.05, 3.63) is 34.6 Å². The van der Waals surface area contributed by atoms with Gasteiger partial charge in [-0.05, 0) is 12.5 Å². The second-order valence-electron chi connectivity index (χ2n) is 4.83. The Morgan fingerprint density at radius 2 is 2.33 bits per heavy atom. The average Bonchev–Trinajstić information content (AvgIpc) is 2.37. The van der Waals surface area contributed by atoms with E-state index in [-0.39, 0.29) is 10.8 Å². The third-order valence-corrected chi connectivity index (χ3v) is 3.79. The first-order valence-corrected chi connectivity index (χ1v) is 6.97. The molecular weight excluding hydrogens is 251 g/mol. The third kappa shape index (κ3) is 3.22. The van der Waals surface area contributed by atoms with E-state index in [1.807, 2.05) is 12.1 Å². The molecule has 0 aromatic heterocycles. The second kappa shape index (κ2) is 6.50. The molecule has 1 unspecified atom stereocenters. The maximum absolute atomic E-state index is 13.9. The van der Waals surface area contributed by atoms with Gasteiger partial charge in [0, 0.05) is 37.8 Å². The van der Waals surface area contributed by atoms with Gasteiger partial charge in [0.1, 0.15) is 5.82 Å². The average molecular weight is 271 g/mol. The first kappa shape index (κ1) is 13.8. The van der Waals surface area contributed by atoms with Gasteiger partial charge >= 0.3 is 0 Å². The Morgan fingerprint density at radius 1 is 1.50 bits per heavy atom. The summed E-state index contributed by atoms with van der Waals surface area (Å²) in [6.45, 7) is 5.78. The molecule has 1 N–H and O–H groups in total. The number of benzene rings is 1. The van der Waals surface area contributed by atoms with Crippen molar-refractivity contribution in [2.24, 2.45) is 0 Å². The van der Waals surface area contributed by atoms with Gasteiger partial charge in [0.25, 0.3) is 0 Å². The second-order valence-corrected chi connectivity index (χ2v) is 5.24. The van der Waals surface area contributed by atoms with Crippen molar-refractivity contribution in [3.8, 4) is 0 Å². The lowest BCUT2D eigenvalue weighted by Crippen LogP contribution is -2.50. The third-order valence-electron chi connectivity index (χ3n) is 3.50. The number of halogens is 2. The lowest BCUT2D eigenvalue weighted by molar-refractivity contribution is 0.143. The largest absolute Gasteiger partial charge is 0.314 e. The van der Waals surface area contributed by atoms with Crippen LogP contribution in [0.2, 0.25) is 5.02 Å². The van der Waals surface area contributed by atoms with E-state index in [1.54, 1.807) is 6.07 Å². The molecule has 0 radical (unpaired) electrons. The quantitative estimate of drug-likeness (QED) is 0.905. The molecule has 1 atom stereocenters. The molecule has 0 amide bonds. The fourth-order valence-corrected chi connectivity index (χ4v) is 2.71. The van der Waals surface area contributed by atoms with Gasteiger partial charge in [-0.3, -0.25) is 4.90 Å². The van der Waals surface area contributed by atoms with E-state index in [0.29, 0.717) is 18.2 Å². The highest BCUT2D eigenvalue weighted by molar-refractivity contribution is 6.30. The van der Waals surface area contributed by atoms with Crippen molar-refractivity contribution in [2.75, 3.05) is 19.6 Å². The normalized spacial score (nSPS) is 21.2. The number of nitrogens with zero attached hydrogens (tertiary/aromatic N) is 1. The summed E-state index contributed by atoms with van der Waals surface area (Å²) in [6, 6.07) is 5.74. The Bertz CT molecular complexity index is 395. The van der Waals surface area contributed by atoms with Crippen LogP contribution in [0.15, 0.2) is 18.2 Å². The molecule has 18 heavy (non-hydrogen) atoms. The molecule has 0 saturated carbocycles. The number of nitrogens with one attached hydrogen (secondary N) is 1. The Kier molecular flexibility index (Phi) is 4.98. The molecule has 0 spiro atoms. The van der Waals surface area contributed by atoms with E-state index >= 15 is 0 Å². The van der Waals surface area contributed by atoms with Gasteiger partial charge < -0.3 is 5.32 Å². The summed E-state index contributed by atoms with van der Waals surface area (Å²) in [5.74, 6) is -0.270. The van der Waals surface area contributed by atoms with Crippen LogP contribution in [0.3, 0.4) is 0 Å². The zero-order valence-electron chi connectivity index (χ0n) is 10.8. The minimum absolute atomic E-state index is 0.217. The summed E-state index contributed by atoms with van der Waals surface area (Å²) in [4.78, 5) is 2.36. The van der Waals surface area contributed by atoms with Crippen LogP contribution in [0, 0.1) is 5.82 Å². The van der Waals surface area contributed by atoms with Gasteiger partial charge in [0.05, 0.1) is 5.02 Å². The van der Waals surface area contributed by atoms with Gasteiger partial charge in [0.2, 0.25) is 0 Å². The van der Waals surface area contributed by atoms with Crippen LogP contribution in [0.4, 0.5) is 4.39 Å². The standard InChI is InChI=1S/C14H20ClFN2/c1-2-4-12-9-17-7-8-18(12)10-11-5-3-6-13(15)14(11)16/h3,5-6,12,17H,2,4,7-10H2,1H3. The summed E-state index contributed by atoms with van der Waals surface area (Å²) in [5.41, 5.74) is 0.700. The maximum atomic E-state index is 13.9. The number of hydrogen-bond donors (Lipinski definition) is 1. The highest BCUT2D eigenvalue weighted by Crippen LogP contribution is 2.21. The van der Waals surface area contributed by atoms with Gasteiger partial charge in [-0.2, -0.15) is 0 Å². The number of rotatable bonds is 4. The van der Waals surface area contributed by atoms with E-state index in [0.717, 1.165) is 32.5 Å². The molecule has 1 saturated heterocycles. The molecule has 1 heterocycles. The van der Waals surface area contributed by atoms with Crippen LogP contribution in [0.1, 0.15) is 25.3 Å². The number of piperazine rings is 1. The smallest absolute Gasteiger partial charge is 0.146 e. The molecule has 1 fully saturated rings. The van der Waals surface area contributed by atoms with Crippen molar-refractivity contribution in [1.29, 1.82) is 0 Å². The summed E-state index contributed by atoms with van der Waals surface area (Å²) in [7, 11) is 0. The predicted octanol–water partition coefficient (Wildman–Crippen LogP) is 3.05. The van der Waals surface area contributed by atoms with E-state index in [4.69, 9.17) is 11.6 Å². The first-order valence-electron chi connectivity index (χ1n) is 6.60. The molecular formula is C14H20ClFN2. The molecule has 0 bridgehead atoms. The van der Waals surface area contributed by atoms with Gasteiger partial charge in [-0.15, -0.1) is 0 Å². The Labute approximate surface area is 113 Å². The van der Waals surface area contributed by atoms with Crippen molar-refractivity contribution in [1.82, 2.24) is 10.2 Å². The van der Waals surface area contributed by atoms with E-state index in [2.05, 4.69) is 17.1 Å². The minimum Gasteiger partial charge on any atom is -0.314 e. The SMILES string of the molecule is CCCC1CNCCN1Cc1cccc(Cl)c1F. The van der Waals surface area contributed by atoms with Crippen LogP contribution < -0.4 is 5.32 Å². The van der Waals surface area contributed by atoms with Crippen LogP contribution in [0.25, 0.3) is 0 Å². The topological polar surface area (TPSA) is 15.3 Å². The van der Waals surface area contributed by atoms with Crippen LogP contribution in [0.5, 0.6) is 0 Å². The summed E-state index contributed by atoms with van der Waals surface area (Å²) in [5, 5.41) is 3.62. The minimum atomic E-state index is -0.270. The predicted molar refractivity (Wildman–Crippen MR) is 73.4 cm³/mol. The highest BCUT2D eigenvalue weighted by atomic mass is 35.5. The summed E-state index contributed by atoms with van der Waals surface area (Å²) >= 11 is 5.82. The van der Waals surface area contributed by atoms with Crippen molar-refractivity contribution in [3.63, 3.8) is 0 Å². The molecule has 1 aliphatic rings. The Balaban J connectivity index is 2.08. The first-order chi connectivity index (χ1) is 8.72. The fourth-order valence-electron chi connectivity index (χ4n) is 2.52. The molecule has 1 aromatic carbocycles. The van der Waals surface area contributed by atoms with Crippen LogP contribution in [-0.2, 0) is 6.54 Å². The van der Waals surface area contributed by atoms with E-state index in [1.165, 1.54) is 0 Å². The zero-order valence-corrected chi connectivity index (χ0v) is 11.5. The zero-order chi connectivity index (χ0) is 13.0. The van der Waals surface area contributed by atoms with E-state index in [9.17, 15) is 4.39 Å². The Morgan fingerprint density at radius 3 is 3.11 bits per heavy atom. The van der Waals surface area contributed by atoms with Crippen LogP contribution >= 0.6 is 11.6 Å². The molecule has 1 aliphatic heterocycles. The lowest BCUT2D eigenvalue weighted by atomic mass is 10.1. The molecule has 2 nitrogen and oxygen atoms in total. The monoisotopic (exact) mass is 270 g/mol. The molecule has 2 rings (SSSR count). The molecule has 0 aliphatic carbocycles. The highest BCUT2D eigenvalue weighted by Gasteiger charge is 2.22. The summed E-state index contributed by atoms with van der Waals surface area (Å²) < 4.78 is 13.9. The van der Waals surface area contributed by atoms with Gasteiger partial charge in [-0.25, -0.2) is 4.39 Å².